The van der Waals surface area contributed by atoms with Crippen LogP contribution in [0.2, 0.25) is 0 Å². The third kappa shape index (κ3) is 1.64. The average Bonchev–Trinajstić information content (AvgIpc) is 2.59. The molecule has 0 radical (unpaired) electrons. The van der Waals surface area contributed by atoms with E-state index in [1.54, 1.807) is 6.92 Å². The predicted molar refractivity (Wildman–Crippen MR) is 58.6 cm³/mol. The largest absolute Gasteiger partial charge is 0.365 e. The lowest BCUT2D eigenvalue weighted by molar-refractivity contribution is 0.387. The smallest absolute Gasteiger partial charge is 0.338 e. The minimum Gasteiger partial charge on any atom is -0.338 e. The highest BCUT2D eigenvalue weighted by molar-refractivity contribution is 5.78. The summed E-state index contributed by atoms with van der Waals surface area (Å²) in [5.41, 5.74) is 2.45. The quantitative estimate of drug-likeness (QED) is 0.810. The topological polar surface area (TPSA) is 46.0 Å². The Morgan fingerprint density at radius 3 is 2.53 bits per heavy atom. The van der Waals surface area contributed by atoms with Crippen molar-refractivity contribution in [3.8, 4) is 0 Å². The van der Waals surface area contributed by atoms with Gasteiger partial charge in [0.15, 0.2) is 0 Å². The van der Waals surface area contributed by atoms with E-state index in [2.05, 4.69) is 11.7 Å². The minimum atomic E-state index is -0.374. The number of hydrogen-bond donors (Lipinski definition) is 1. The fraction of sp³-hybridized carbons (Fsp3) is 0.0833. The molecule has 3 nitrogen and oxygen atoms in total. The number of rotatable bonds is 2. The molecule has 0 bridgehead atoms. The Hall–Kier alpha value is -2.03. The van der Waals surface area contributed by atoms with Crippen molar-refractivity contribution in [2.24, 2.45) is 0 Å². The van der Waals surface area contributed by atoms with E-state index in [1.807, 2.05) is 30.3 Å². The van der Waals surface area contributed by atoms with Crippen LogP contribution < -0.4 is 5.63 Å². The van der Waals surface area contributed by atoms with Crippen molar-refractivity contribution in [1.29, 1.82) is 0 Å². The molecule has 15 heavy (non-hydrogen) atoms. The molecule has 1 heterocycles. The van der Waals surface area contributed by atoms with Crippen molar-refractivity contribution in [1.82, 2.24) is 5.16 Å². The summed E-state index contributed by atoms with van der Waals surface area (Å²) in [4.78, 5) is 11.4. The Labute approximate surface area is 87.0 Å². The molecule has 0 unspecified atom stereocenters. The molecule has 0 aliphatic carbocycles. The summed E-state index contributed by atoms with van der Waals surface area (Å²) >= 11 is 0. The van der Waals surface area contributed by atoms with E-state index < -0.39 is 0 Å². The molecule has 0 saturated heterocycles. The van der Waals surface area contributed by atoms with Gasteiger partial charge in [0.05, 0.1) is 11.3 Å². The van der Waals surface area contributed by atoms with E-state index in [4.69, 9.17) is 4.52 Å². The maximum Gasteiger partial charge on any atom is 0.365 e. The highest BCUT2D eigenvalue weighted by Gasteiger charge is 2.12. The van der Waals surface area contributed by atoms with Crippen molar-refractivity contribution in [3.63, 3.8) is 0 Å². The van der Waals surface area contributed by atoms with E-state index in [0.29, 0.717) is 16.8 Å². The lowest BCUT2D eigenvalue weighted by atomic mass is 10.0. The highest BCUT2D eigenvalue weighted by atomic mass is 16.5. The van der Waals surface area contributed by atoms with Gasteiger partial charge in [-0.3, -0.25) is 0 Å². The van der Waals surface area contributed by atoms with Crippen LogP contribution in [0.4, 0.5) is 0 Å². The SMILES string of the molecule is C=C(c1ccccc1)c1c(C)[nH]oc1=O. The Kier molecular flexibility index (Phi) is 2.29. The van der Waals surface area contributed by atoms with E-state index in [0.717, 1.165) is 5.56 Å². The fourth-order valence-corrected chi connectivity index (χ4v) is 1.51. The Morgan fingerprint density at radius 2 is 2.00 bits per heavy atom. The van der Waals surface area contributed by atoms with Crippen molar-refractivity contribution in [2.75, 3.05) is 0 Å². The number of benzene rings is 1. The molecular weight excluding hydrogens is 190 g/mol. The second kappa shape index (κ2) is 3.61. The first kappa shape index (κ1) is 9.52. The number of H-pyrrole nitrogens is 1. The van der Waals surface area contributed by atoms with Gasteiger partial charge in [-0.1, -0.05) is 36.9 Å². The third-order valence-electron chi connectivity index (χ3n) is 2.30. The molecule has 76 valence electrons. The van der Waals surface area contributed by atoms with Crippen LogP contribution in [-0.2, 0) is 0 Å². The minimum absolute atomic E-state index is 0.374. The van der Waals surface area contributed by atoms with Crippen molar-refractivity contribution in [2.45, 2.75) is 6.92 Å². The van der Waals surface area contributed by atoms with Crippen LogP contribution in [0.1, 0.15) is 16.8 Å². The standard InChI is InChI=1S/C12H11NO2/c1-8(10-6-4-3-5-7-10)11-9(2)13-15-12(11)14/h3-7,13H,1H2,2H3. The number of nitrogens with one attached hydrogen (secondary N) is 1. The fourth-order valence-electron chi connectivity index (χ4n) is 1.51. The van der Waals surface area contributed by atoms with Crippen LogP contribution in [0.3, 0.4) is 0 Å². The van der Waals surface area contributed by atoms with Gasteiger partial charge in [0, 0.05) is 0 Å². The zero-order chi connectivity index (χ0) is 10.8. The highest BCUT2D eigenvalue weighted by Crippen LogP contribution is 2.20. The van der Waals surface area contributed by atoms with Crippen molar-refractivity contribution < 1.29 is 4.52 Å². The van der Waals surface area contributed by atoms with Crippen LogP contribution in [0.25, 0.3) is 5.57 Å². The number of aromatic amines is 1. The van der Waals surface area contributed by atoms with Gasteiger partial charge in [-0.05, 0) is 18.1 Å². The monoisotopic (exact) mass is 201 g/mol. The maximum atomic E-state index is 11.4. The first-order chi connectivity index (χ1) is 7.20. The normalized spacial score (nSPS) is 10.2. The Morgan fingerprint density at radius 1 is 1.33 bits per heavy atom. The van der Waals surface area contributed by atoms with Gasteiger partial charge in [0.1, 0.15) is 0 Å². The summed E-state index contributed by atoms with van der Waals surface area (Å²) < 4.78 is 4.70. The lowest BCUT2D eigenvalue weighted by Crippen LogP contribution is -2.02. The number of hydrogen-bond acceptors (Lipinski definition) is 2. The van der Waals surface area contributed by atoms with E-state index >= 15 is 0 Å². The van der Waals surface area contributed by atoms with Crippen molar-refractivity contribution >= 4 is 5.57 Å². The van der Waals surface area contributed by atoms with Crippen LogP contribution >= 0.6 is 0 Å². The Balaban J connectivity index is 2.51. The molecule has 2 rings (SSSR count). The molecule has 1 aromatic carbocycles. The predicted octanol–water partition coefficient (Wildman–Crippen LogP) is 2.34. The molecule has 0 saturated carbocycles. The summed E-state index contributed by atoms with van der Waals surface area (Å²) in [7, 11) is 0. The van der Waals surface area contributed by atoms with Crippen molar-refractivity contribution in [3.05, 3.63) is 64.2 Å². The summed E-state index contributed by atoms with van der Waals surface area (Å²) in [6, 6.07) is 9.56. The zero-order valence-corrected chi connectivity index (χ0v) is 8.41. The molecule has 1 N–H and O–H groups in total. The molecule has 1 aromatic heterocycles. The second-order valence-corrected chi connectivity index (χ2v) is 3.34. The summed E-state index contributed by atoms with van der Waals surface area (Å²) in [6.45, 7) is 5.70. The molecule has 3 heteroatoms. The van der Waals surface area contributed by atoms with Gasteiger partial charge in [-0.25, -0.2) is 9.95 Å². The molecule has 0 spiro atoms. The van der Waals surface area contributed by atoms with E-state index in [-0.39, 0.29) is 5.63 Å². The number of aromatic nitrogens is 1. The first-order valence-corrected chi connectivity index (χ1v) is 4.63. The summed E-state index contributed by atoms with van der Waals surface area (Å²) in [6.07, 6.45) is 0. The lowest BCUT2D eigenvalue weighted by Gasteiger charge is -2.01. The van der Waals surface area contributed by atoms with Gasteiger partial charge >= 0.3 is 5.63 Å². The maximum absolute atomic E-state index is 11.4. The molecule has 0 atom stereocenters. The second-order valence-electron chi connectivity index (χ2n) is 3.34. The van der Waals surface area contributed by atoms with Crippen LogP contribution in [0.15, 0.2) is 46.2 Å². The molecule has 0 aliphatic heterocycles. The van der Waals surface area contributed by atoms with Gasteiger partial charge < -0.3 is 4.52 Å². The van der Waals surface area contributed by atoms with Gasteiger partial charge in [-0.15, -0.1) is 0 Å². The van der Waals surface area contributed by atoms with Gasteiger partial charge in [0.2, 0.25) is 0 Å². The van der Waals surface area contributed by atoms with E-state index in [9.17, 15) is 4.79 Å². The first-order valence-electron chi connectivity index (χ1n) is 4.63. The van der Waals surface area contributed by atoms with Crippen LogP contribution in [0.5, 0.6) is 0 Å². The van der Waals surface area contributed by atoms with Crippen LogP contribution in [0, 0.1) is 6.92 Å². The summed E-state index contributed by atoms with van der Waals surface area (Å²) in [5, 5.41) is 2.54. The third-order valence-corrected chi connectivity index (χ3v) is 2.30. The van der Waals surface area contributed by atoms with Gasteiger partial charge in [0.25, 0.3) is 0 Å². The average molecular weight is 201 g/mol. The molecule has 0 fully saturated rings. The van der Waals surface area contributed by atoms with Crippen LogP contribution in [-0.4, -0.2) is 5.16 Å². The molecule has 2 aromatic rings. The molecular formula is C12H11NO2. The molecule has 0 aliphatic rings. The number of aryl methyl sites for hydroxylation is 1. The van der Waals surface area contributed by atoms with E-state index in [1.165, 1.54) is 0 Å². The zero-order valence-electron chi connectivity index (χ0n) is 8.41. The van der Waals surface area contributed by atoms with Gasteiger partial charge in [-0.2, -0.15) is 0 Å². The Bertz CT molecular complexity index is 534. The molecule has 0 amide bonds. The summed E-state index contributed by atoms with van der Waals surface area (Å²) in [5.74, 6) is 0.